The van der Waals surface area contributed by atoms with Gasteiger partial charge in [-0.15, -0.1) is 0 Å². The smallest absolute Gasteiger partial charge is 0.0451 e. The molecule has 1 aromatic rings. The molecule has 0 atom stereocenters. The van der Waals surface area contributed by atoms with Crippen LogP contribution in [0.15, 0.2) is 24.3 Å². The summed E-state index contributed by atoms with van der Waals surface area (Å²) in [6.45, 7) is 12.2. The van der Waals surface area contributed by atoms with E-state index in [1.165, 1.54) is 18.4 Å². The fraction of sp³-hybridized carbons (Fsp3) is 0.647. The highest BCUT2D eigenvalue weighted by Crippen LogP contribution is 2.30. The van der Waals surface area contributed by atoms with E-state index >= 15 is 0 Å². The molecule has 0 spiro atoms. The maximum absolute atomic E-state index is 6.33. The van der Waals surface area contributed by atoms with Gasteiger partial charge in [0.05, 0.1) is 0 Å². The van der Waals surface area contributed by atoms with Gasteiger partial charge < -0.3 is 5.32 Å². The van der Waals surface area contributed by atoms with Gasteiger partial charge >= 0.3 is 0 Å². The Labute approximate surface area is 128 Å². The number of nitrogens with one attached hydrogen (secondary N) is 1. The van der Waals surface area contributed by atoms with Gasteiger partial charge in [-0.2, -0.15) is 0 Å². The van der Waals surface area contributed by atoms with Crippen molar-refractivity contribution in [1.29, 1.82) is 0 Å². The SMILES string of the molecule is CCC1(CC)CN(Cc2ccccc2Cl)C(C)(C)CN1. The second-order valence-electron chi connectivity index (χ2n) is 6.60. The molecule has 2 nitrogen and oxygen atoms in total. The fourth-order valence-corrected chi connectivity index (χ4v) is 3.17. The first-order valence-electron chi connectivity index (χ1n) is 7.66. The third kappa shape index (κ3) is 3.19. The third-order valence-corrected chi connectivity index (χ3v) is 5.29. The van der Waals surface area contributed by atoms with E-state index in [4.69, 9.17) is 11.6 Å². The zero-order valence-corrected chi connectivity index (χ0v) is 13.9. The molecule has 1 heterocycles. The molecule has 20 heavy (non-hydrogen) atoms. The van der Waals surface area contributed by atoms with E-state index in [9.17, 15) is 0 Å². The number of benzene rings is 1. The molecule has 1 saturated heterocycles. The van der Waals surface area contributed by atoms with Gasteiger partial charge in [-0.05, 0) is 38.3 Å². The molecule has 0 unspecified atom stereocenters. The minimum absolute atomic E-state index is 0.160. The topological polar surface area (TPSA) is 15.3 Å². The number of nitrogens with zero attached hydrogens (tertiary/aromatic N) is 1. The molecule has 0 saturated carbocycles. The van der Waals surface area contributed by atoms with Crippen LogP contribution in [0.25, 0.3) is 0 Å². The quantitative estimate of drug-likeness (QED) is 0.900. The summed E-state index contributed by atoms with van der Waals surface area (Å²) in [4.78, 5) is 2.58. The highest BCUT2D eigenvalue weighted by atomic mass is 35.5. The van der Waals surface area contributed by atoms with E-state index in [-0.39, 0.29) is 11.1 Å². The first-order chi connectivity index (χ1) is 9.42. The Balaban J connectivity index is 2.20. The van der Waals surface area contributed by atoms with E-state index in [0.717, 1.165) is 24.7 Å². The van der Waals surface area contributed by atoms with Crippen molar-refractivity contribution in [3.63, 3.8) is 0 Å². The van der Waals surface area contributed by atoms with Crippen LogP contribution in [0.5, 0.6) is 0 Å². The molecule has 1 aliphatic heterocycles. The van der Waals surface area contributed by atoms with Crippen molar-refractivity contribution in [3.8, 4) is 0 Å². The molecule has 0 radical (unpaired) electrons. The Hall–Kier alpha value is -0.570. The van der Waals surface area contributed by atoms with Crippen LogP contribution < -0.4 is 5.32 Å². The van der Waals surface area contributed by atoms with Gasteiger partial charge in [0.2, 0.25) is 0 Å². The van der Waals surface area contributed by atoms with Crippen LogP contribution in [-0.4, -0.2) is 29.1 Å². The number of rotatable bonds is 4. The molecular weight excluding hydrogens is 268 g/mol. The maximum Gasteiger partial charge on any atom is 0.0451 e. The van der Waals surface area contributed by atoms with Gasteiger partial charge in [0.25, 0.3) is 0 Å². The van der Waals surface area contributed by atoms with Crippen LogP contribution in [0, 0.1) is 0 Å². The Bertz CT molecular complexity index is 452. The largest absolute Gasteiger partial charge is 0.308 e. The first kappa shape index (κ1) is 15.8. The zero-order chi connectivity index (χ0) is 14.8. The molecule has 1 aromatic carbocycles. The molecule has 0 aliphatic carbocycles. The van der Waals surface area contributed by atoms with Crippen LogP contribution in [0.4, 0.5) is 0 Å². The summed E-state index contributed by atoms with van der Waals surface area (Å²) < 4.78 is 0. The minimum Gasteiger partial charge on any atom is -0.308 e. The van der Waals surface area contributed by atoms with Crippen molar-refractivity contribution in [3.05, 3.63) is 34.9 Å². The standard InChI is InChI=1S/C17H27ClN2/c1-5-17(6-2)13-20(16(3,4)12-19-17)11-14-9-7-8-10-15(14)18/h7-10,19H,5-6,11-13H2,1-4H3. The van der Waals surface area contributed by atoms with Crippen molar-refractivity contribution < 1.29 is 0 Å². The summed E-state index contributed by atoms with van der Waals surface area (Å²) in [5, 5.41) is 4.65. The molecule has 1 N–H and O–H groups in total. The highest BCUT2D eigenvalue weighted by Gasteiger charge is 2.40. The second-order valence-corrected chi connectivity index (χ2v) is 7.01. The Kier molecular flexibility index (Phi) is 4.78. The second kappa shape index (κ2) is 6.05. The van der Waals surface area contributed by atoms with Gasteiger partial charge in [-0.25, -0.2) is 0 Å². The van der Waals surface area contributed by atoms with E-state index < -0.39 is 0 Å². The van der Waals surface area contributed by atoms with Crippen LogP contribution in [0.2, 0.25) is 5.02 Å². The molecular formula is C17H27ClN2. The van der Waals surface area contributed by atoms with E-state index in [2.05, 4.69) is 50.0 Å². The van der Waals surface area contributed by atoms with Crippen LogP contribution in [0.3, 0.4) is 0 Å². The van der Waals surface area contributed by atoms with Gasteiger partial charge in [-0.3, -0.25) is 4.90 Å². The normalized spacial score (nSPS) is 21.9. The molecule has 0 aromatic heterocycles. The van der Waals surface area contributed by atoms with Crippen LogP contribution in [0.1, 0.15) is 46.1 Å². The number of hydrogen-bond acceptors (Lipinski definition) is 2. The van der Waals surface area contributed by atoms with E-state index in [1.54, 1.807) is 0 Å². The predicted molar refractivity (Wildman–Crippen MR) is 87.3 cm³/mol. The van der Waals surface area contributed by atoms with Crippen molar-refractivity contribution in [2.75, 3.05) is 13.1 Å². The lowest BCUT2D eigenvalue weighted by Gasteiger charge is -2.52. The number of halogens is 1. The summed E-state index contributed by atoms with van der Waals surface area (Å²) in [6.07, 6.45) is 2.33. The predicted octanol–water partition coefficient (Wildman–Crippen LogP) is 4.08. The van der Waals surface area contributed by atoms with E-state index in [0.29, 0.717) is 0 Å². The summed E-state index contributed by atoms with van der Waals surface area (Å²) >= 11 is 6.33. The third-order valence-electron chi connectivity index (χ3n) is 4.92. The zero-order valence-electron chi connectivity index (χ0n) is 13.2. The number of piperazine rings is 1. The average Bonchev–Trinajstić information content (AvgIpc) is 2.44. The summed E-state index contributed by atoms with van der Waals surface area (Å²) in [6, 6.07) is 8.19. The minimum atomic E-state index is 0.160. The monoisotopic (exact) mass is 294 g/mol. The lowest BCUT2D eigenvalue weighted by Crippen LogP contribution is -2.67. The molecule has 0 amide bonds. The lowest BCUT2D eigenvalue weighted by atomic mass is 9.84. The summed E-state index contributed by atoms with van der Waals surface area (Å²) in [7, 11) is 0. The van der Waals surface area contributed by atoms with Crippen molar-refractivity contribution >= 4 is 11.6 Å². The molecule has 112 valence electrons. The molecule has 2 rings (SSSR count). The fourth-order valence-electron chi connectivity index (χ4n) is 2.98. The Morgan fingerprint density at radius 2 is 1.85 bits per heavy atom. The van der Waals surface area contributed by atoms with Gasteiger partial charge in [0.1, 0.15) is 0 Å². The van der Waals surface area contributed by atoms with Crippen molar-refractivity contribution in [1.82, 2.24) is 10.2 Å². The molecule has 1 aliphatic rings. The van der Waals surface area contributed by atoms with Crippen LogP contribution >= 0.6 is 11.6 Å². The first-order valence-corrected chi connectivity index (χ1v) is 8.04. The van der Waals surface area contributed by atoms with Gasteiger partial charge in [0.15, 0.2) is 0 Å². The maximum atomic E-state index is 6.33. The van der Waals surface area contributed by atoms with Crippen molar-refractivity contribution in [2.24, 2.45) is 0 Å². The summed E-state index contributed by atoms with van der Waals surface area (Å²) in [5.41, 5.74) is 1.63. The summed E-state index contributed by atoms with van der Waals surface area (Å²) in [5.74, 6) is 0. The van der Waals surface area contributed by atoms with Gasteiger partial charge in [-0.1, -0.05) is 43.6 Å². The number of hydrogen-bond donors (Lipinski definition) is 1. The average molecular weight is 295 g/mol. The molecule has 3 heteroatoms. The Morgan fingerprint density at radius 1 is 1.20 bits per heavy atom. The van der Waals surface area contributed by atoms with Crippen molar-refractivity contribution in [2.45, 2.75) is 58.2 Å². The van der Waals surface area contributed by atoms with Gasteiger partial charge in [0, 0.05) is 35.7 Å². The van der Waals surface area contributed by atoms with Crippen LogP contribution in [-0.2, 0) is 6.54 Å². The highest BCUT2D eigenvalue weighted by molar-refractivity contribution is 6.31. The Morgan fingerprint density at radius 3 is 2.45 bits per heavy atom. The van der Waals surface area contributed by atoms with E-state index in [1.807, 2.05) is 12.1 Å². The lowest BCUT2D eigenvalue weighted by molar-refractivity contribution is 0.0162. The molecule has 1 fully saturated rings. The molecule has 0 bridgehead atoms.